The summed E-state index contributed by atoms with van der Waals surface area (Å²) in [4.78, 5) is 12.2. The van der Waals surface area contributed by atoms with Gasteiger partial charge in [0, 0.05) is 34.5 Å². The SMILES string of the molecule is COc1cnccc1C(C)Cc1cc(C(C)Cc2cnc(F)c(C(C)S)c2)c(F)cn1. The molecule has 3 heterocycles. The van der Waals surface area contributed by atoms with E-state index in [-0.39, 0.29) is 22.9 Å². The minimum atomic E-state index is -0.517. The predicted molar refractivity (Wildman–Crippen MR) is 121 cm³/mol. The number of pyridine rings is 3. The molecule has 0 aliphatic rings. The third kappa shape index (κ3) is 5.58. The van der Waals surface area contributed by atoms with Crippen LogP contribution in [-0.4, -0.2) is 22.1 Å². The third-order valence-electron chi connectivity index (χ3n) is 5.47. The molecule has 0 saturated heterocycles. The van der Waals surface area contributed by atoms with E-state index in [1.54, 1.807) is 32.5 Å². The van der Waals surface area contributed by atoms with Crippen molar-refractivity contribution in [1.82, 2.24) is 15.0 Å². The fraction of sp³-hybridized carbons (Fsp3) is 0.375. The summed E-state index contributed by atoms with van der Waals surface area (Å²) in [5, 5.41) is -0.265. The molecule has 0 N–H and O–H groups in total. The Morgan fingerprint density at radius 2 is 1.68 bits per heavy atom. The summed E-state index contributed by atoms with van der Waals surface area (Å²) in [6.07, 6.45) is 7.38. The first kappa shape index (κ1) is 23.1. The minimum absolute atomic E-state index is 0.122. The van der Waals surface area contributed by atoms with Gasteiger partial charge in [-0.1, -0.05) is 13.8 Å². The van der Waals surface area contributed by atoms with Crippen molar-refractivity contribution in [2.24, 2.45) is 0 Å². The van der Waals surface area contributed by atoms with Gasteiger partial charge in [-0.15, -0.1) is 0 Å². The zero-order valence-corrected chi connectivity index (χ0v) is 19.0. The molecule has 31 heavy (non-hydrogen) atoms. The maximum absolute atomic E-state index is 14.6. The molecule has 3 aromatic heterocycles. The Balaban J connectivity index is 1.80. The first-order valence-electron chi connectivity index (χ1n) is 10.2. The van der Waals surface area contributed by atoms with Crippen LogP contribution < -0.4 is 4.74 Å². The Hall–Kier alpha value is -2.54. The minimum Gasteiger partial charge on any atom is -0.495 e. The third-order valence-corrected chi connectivity index (χ3v) is 5.75. The van der Waals surface area contributed by atoms with Crippen molar-refractivity contribution >= 4 is 12.6 Å². The highest BCUT2D eigenvalue weighted by Crippen LogP contribution is 2.30. The monoisotopic (exact) mass is 443 g/mol. The summed E-state index contributed by atoms with van der Waals surface area (Å²) < 4.78 is 33.9. The number of hydrogen-bond donors (Lipinski definition) is 1. The van der Waals surface area contributed by atoms with Crippen molar-refractivity contribution in [3.63, 3.8) is 0 Å². The zero-order valence-electron chi connectivity index (χ0n) is 18.1. The number of aromatic nitrogens is 3. The molecule has 0 amide bonds. The maximum atomic E-state index is 14.6. The molecule has 4 nitrogen and oxygen atoms in total. The Labute approximate surface area is 187 Å². The second-order valence-corrected chi connectivity index (χ2v) is 8.70. The fourth-order valence-electron chi connectivity index (χ4n) is 3.76. The van der Waals surface area contributed by atoms with Crippen LogP contribution in [0, 0.1) is 11.8 Å². The highest BCUT2D eigenvalue weighted by Gasteiger charge is 2.18. The number of rotatable bonds is 8. The van der Waals surface area contributed by atoms with Gasteiger partial charge < -0.3 is 4.74 Å². The van der Waals surface area contributed by atoms with E-state index >= 15 is 0 Å². The number of ether oxygens (including phenoxy) is 1. The Kier molecular flexibility index (Phi) is 7.59. The normalized spacial score (nSPS) is 14.2. The molecule has 0 radical (unpaired) electrons. The average molecular weight is 444 g/mol. The van der Waals surface area contributed by atoms with E-state index in [1.807, 2.05) is 19.1 Å². The van der Waals surface area contributed by atoms with Crippen LogP contribution in [-0.2, 0) is 12.8 Å². The van der Waals surface area contributed by atoms with Gasteiger partial charge in [-0.3, -0.25) is 9.97 Å². The quantitative estimate of drug-likeness (QED) is 0.351. The lowest BCUT2D eigenvalue weighted by Crippen LogP contribution is -2.08. The largest absolute Gasteiger partial charge is 0.495 e. The predicted octanol–water partition coefficient (Wildman–Crippen LogP) is 5.84. The molecule has 0 aliphatic heterocycles. The summed E-state index contributed by atoms with van der Waals surface area (Å²) in [6, 6.07) is 5.51. The van der Waals surface area contributed by atoms with Gasteiger partial charge in [0.15, 0.2) is 0 Å². The molecule has 3 rings (SSSR count). The average Bonchev–Trinajstić information content (AvgIpc) is 2.76. The van der Waals surface area contributed by atoms with Gasteiger partial charge >= 0.3 is 0 Å². The Morgan fingerprint density at radius 1 is 0.935 bits per heavy atom. The topological polar surface area (TPSA) is 47.9 Å². The number of hydrogen-bond acceptors (Lipinski definition) is 5. The zero-order chi connectivity index (χ0) is 22.5. The number of halogens is 2. The highest BCUT2D eigenvalue weighted by molar-refractivity contribution is 7.80. The van der Waals surface area contributed by atoms with E-state index in [9.17, 15) is 8.78 Å². The molecule has 0 spiro atoms. The molecule has 3 unspecified atom stereocenters. The standard InChI is InChI=1S/C24H27F2N3OS/c1-14(7-17-9-21(16(3)31)24(26)29-11-17)20-10-18(28-12-22(20)25)8-15(2)19-5-6-27-13-23(19)30-4/h5-6,9-16,31H,7-8H2,1-4H3. The van der Waals surface area contributed by atoms with Crippen LogP contribution in [0.25, 0.3) is 0 Å². The van der Waals surface area contributed by atoms with Crippen molar-refractivity contribution in [2.75, 3.05) is 7.11 Å². The van der Waals surface area contributed by atoms with E-state index in [2.05, 4.69) is 34.5 Å². The molecule has 164 valence electrons. The molecule has 7 heteroatoms. The lowest BCUT2D eigenvalue weighted by Gasteiger charge is -2.17. The lowest BCUT2D eigenvalue weighted by molar-refractivity contribution is 0.404. The fourth-order valence-corrected chi connectivity index (χ4v) is 3.94. The van der Waals surface area contributed by atoms with Gasteiger partial charge in [0.05, 0.1) is 19.5 Å². The molecule has 3 aromatic rings. The van der Waals surface area contributed by atoms with Gasteiger partial charge in [0.25, 0.3) is 0 Å². The summed E-state index contributed by atoms with van der Waals surface area (Å²) in [5.74, 6) is -0.133. The van der Waals surface area contributed by atoms with Crippen LogP contribution >= 0.6 is 12.6 Å². The second kappa shape index (κ2) is 10.2. The van der Waals surface area contributed by atoms with Gasteiger partial charge in [0.1, 0.15) is 11.6 Å². The number of thiol groups is 1. The smallest absolute Gasteiger partial charge is 0.217 e. The van der Waals surface area contributed by atoms with Crippen LogP contribution in [0.15, 0.2) is 43.0 Å². The summed E-state index contributed by atoms with van der Waals surface area (Å²) in [6.45, 7) is 5.82. The van der Waals surface area contributed by atoms with E-state index in [0.29, 0.717) is 24.0 Å². The molecule has 3 atom stereocenters. The molecular formula is C24H27F2N3OS. The van der Waals surface area contributed by atoms with Crippen LogP contribution in [0.4, 0.5) is 8.78 Å². The van der Waals surface area contributed by atoms with Crippen LogP contribution in [0.5, 0.6) is 5.75 Å². The number of methoxy groups -OCH3 is 1. The van der Waals surface area contributed by atoms with Crippen molar-refractivity contribution < 1.29 is 13.5 Å². The van der Waals surface area contributed by atoms with E-state index < -0.39 is 5.95 Å². The van der Waals surface area contributed by atoms with Gasteiger partial charge in [-0.2, -0.15) is 17.0 Å². The molecular weight excluding hydrogens is 416 g/mol. The van der Waals surface area contributed by atoms with Crippen molar-refractivity contribution in [3.8, 4) is 5.75 Å². The first-order chi connectivity index (χ1) is 14.8. The molecule has 0 aromatic carbocycles. The molecule has 0 fully saturated rings. The van der Waals surface area contributed by atoms with Gasteiger partial charge in [-0.25, -0.2) is 9.37 Å². The summed E-state index contributed by atoms with van der Waals surface area (Å²) in [5.41, 5.74) is 3.71. The molecule has 0 bridgehead atoms. The number of nitrogens with zero attached hydrogens (tertiary/aromatic N) is 3. The van der Waals surface area contributed by atoms with Crippen molar-refractivity contribution in [3.05, 3.63) is 82.7 Å². The lowest BCUT2D eigenvalue weighted by atomic mass is 9.91. The van der Waals surface area contributed by atoms with Crippen LogP contribution in [0.3, 0.4) is 0 Å². The van der Waals surface area contributed by atoms with Crippen LogP contribution in [0.2, 0.25) is 0 Å². The first-order valence-corrected chi connectivity index (χ1v) is 10.8. The van der Waals surface area contributed by atoms with E-state index in [4.69, 9.17) is 4.74 Å². The van der Waals surface area contributed by atoms with Gasteiger partial charge in [-0.05, 0) is 60.9 Å². The summed E-state index contributed by atoms with van der Waals surface area (Å²) in [7, 11) is 1.62. The maximum Gasteiger partial charge on any atom is 0.217 e. The molecule has 0 aliphatic carbocycles. The highest BCUT2D eigenvalue weighted by atomic mass is 32.1. The summed E-state index contributed by atoms with van der Waals surface area (Å²) >= 11 is 4.31. The van der Waals surface area contributed by atoms with Crippen molar-refractivity contribution in [1.29, 1.82) is 0 Å². The van der Waals surface area contributed by atoms with Gasteiger partial charge in [0.2, 0.25) is 5.95 Å². The van der Waals surface area contributed by atoms with Crippen LogP contribution in [0.1, 0.15) is 65.8 Å². The second-order valence-electron chi connectivity index (χ2n) is 7.92. The Bertz CT molecular complexity index is 1050. The Morgan fingerprint density at radius 3 is 2.39 bits per heavy atom. The van der Waals surface area contributed by atoms with Crippen molar-refractivity contribution in [2.45, 2.75) is 50.7 Å². The van der Waals surface area contributed by atoms with E-state index in [1.165, 1.54) is 12.4 Å². The molecule has 0 saturated carbocycles. The van der Waals surface area contributed by atoms with E-state index in [0.717, 1.165) is 22.6 Å².